The Labute approximate surface area is 109 Å². The summed E-state index contributed by atoms with van der Waals surface area (Å²) in [5.74, 6) is 1.85. The van der Waals surface area contributed by atoms with Crippen LogP contribution in [0.5, 0.6) is 0 Å². The Hall–Kier alpha value is -1.29. The number of rotatable bonds is 7. The van der Waals surface area contributed by atoms with E-state index in [-0.39, 0.29) is 11.9 Å². The zero-order valence-corrected chi connectivity index (χ0v) is 11.6. The van der Waals surface area contributed by atoms with Gasteiger partial charge in [-0.2, -0.15) is 0 Å². The van der Waals surface area contributed by atoms with E-state index in [9.17, 15) is 4.79 Å². The largest absolute Gasteiger partial charge is 0.466 e. The smallest absolute Gasteiger partial charge is 0.220 e. The SMILES string of the molecule is Cc1cc(C(C)NC(=O)CCCCCN)c(C)o1. The molecule has 1 amide bonds. The van der Waals surface area contributed by atoms with Crippen LogP contribution in [-0.4, -0.2) is 12.5 Å². The van der Waals surface area contributed by atoms with E-state index in [1.165, 1.54) is 0 Å². The maximum Gasteiger partial charge on any atom is 0.220 e. The minimum Gasteiger partial charge on any atom is -0.466 e. The highest BCUT2D eigenvalue weighted by Crippen LogP contribution is 2.21. The summed E-state index contributed by atoms with van der Waals surface area (Å²) >= 11 is 0. The number of nitrogens with two attached hydrogens (primary N) is 1. The van der Waals surface area contributed by atoms with Gasteiger partial charge >= 0.3 is 0 Å². The van der Waals surface area contributed by atoms with Crippen molar-refractivity contribution in [3.05, 3.63) is 23.2 Å². The molecule has 1 heterocycles. The summed E-state index contributed by atoms with van der Waals surface area (Å²) in [6.07, 6.45) is 3.48. The van der Waals surface area contributed by atoms with Crippen molar-refractivity contribution < 1.29 is 9.21 Å². The number of carbonyl (C=O) groups excluding carboxylic acids is 1. The molecule has 0 bridgehead atoms. The Morgan fingerprint density at radius 2 is 2.11 bits per heavy atom. The van der Waals surface area contributed by atoms with Gasteiger partial charge in [0.25, 0.3) is 0 Å². The standard InChI is InChI=1S/C14H24N2O2/c1-10-9-13(12(3)18-10)11(2)16-14(17)7-5-4-6-8-15/h9,11H,4-8,15H2,1-3H3,(H,16,17). The average Bonchev–Trinajstić information content (AvgIpc) is 2.64. The summed E-state index contributed by atoms with van der Waals surface area (Å²) in [5.41, 5.74) is 6.47. The third-order valence-electron chi connectivity index (χ3n) is 3.03. The highest BCUT2D eigenvalue weighted by molar-refractivity contribution is 5.76. The first-order valence-corrected chi connectivity index (χ1v) is 6.61. The first-order valence-electron chi connectivity index (χ1n) is 6.61. The summed E-state index contributed by atoms with van der Waals surface area (Å²) in [4.78, 5) is 11.7. The number of furan rings is 1. The van der Waals surface area contributed by atoms with Crippen LogP contribution in [0.1, 0.15) is 55.7 Å². The van der Waals surface area contributed by atoms with Gasteiger partial charge < -0.3 is 15.5 Å². The van der Waals surface area contributed by atoms with Crippen LogP contribution >= 0.6 is 0 Å². The Bertz CT molecular complexity index is 385. The van der Waals surface area contributed by atoms with E-state index in [2.05, 4.69) is 5.32 Å². The van der Waals surface area contributed by atoms with Crippen molar-refractivity contribution in [3.63, 3.8) is 0 Å². The third kappa shape index (κ3) is 4.53. The van der Waals surface area contributed by atoms with Crippen LogP contribution < -0.4 is 11.1 Å². The molecule has 0 radical (unpaired) electrons. The highest BCUT2D eigenvalue weighted by Gasteiger charge is 2.14. The fraction of sp³-hybridized carbons (Fsp3) is 0.643. The summed E-state index contributed by atoms with van der Waals surface area (Å²) in [7, 11) is 0. The minimum atomic E-state index is 0.00413. The van der Waals surface area contributed by atoms with Crippen molar-refractivity contribution >= 4 is 5.91 Å². The molecule has 0 aliphatic rings. The van der Waals surface area contributed by atoms with Gasteiger partial charge in [0.05, 0.1) is 6.04 Å². The molecule has 0 aliphatic heterocycles. The summed E-state index contributed by atoms with van der Waals surface area (Å²) < 4.78 is 5.47. The Balaban J connectivity index is 2.37. The van der Waals surface area contributed by atoms with E-state index in [1.54, 1.807) is 0 Å². The van der Waals surface area contributed by atoms with Crippen LogP contribution in [0, 0.1) is 13.8 Å². The first-order chi connectivity index (χ1) is 8.54. The van der Waals surface area contributed by atoms with E-state index < -0.39 is 0 Å². The predicted molar refractivity (Wildman–Crippen MR) is 72.3 cm³/mol. The third-order valence-corrected chi connectivity index (χ3v) is 3.03. The number of hydrogen-bond donors (Lipinski definition) is 2. The summed E-state index contributed by atoms with van der Waals surface area (Å²) in [5, 5.41) is 3.00. The monoisotopic (exact) mass is 252 g/mol. The fourth-order valence-electron chi connectivity index (χ4n) is 2.08. The van der Waals surface area contributed by atoms with Gasteiger partial charge in [0, 0.05) is 12.0 Å². The molecular weight excluding hydrogens is 228 g/mol. The minimum absolute atomic E-state index is 0.00413. The van der Waals surface area contributed by atoms with Crippen molar-refractivity contribution in [2.45, 2.75) is 52.5 Å². The predicted octanol–water partition coefficient (Wildman–Crippen LogP) is 2.59. The molecule has 18 heavy (non-hydrogen) atoms. The molecule has 0 saturated carbocycles. The molecule has 0 spiro atoms. The van der Waals surface area contributed by atoms with Crippen LogP contribution in [-0.2, 0) is 4.79 Å². The molecule has 1 atom stereocenters. The van der Waals surface area contributed by atoms with Gasteiger partial charge in [-0.05, 0) is 46.2 Å². The lowest BCUT2D eigenvalue weighted by atomic mass is 10.1. The van der Waals surface area contributed by atoms with Crippen LogP contribution in [0.4, 0.5) is 0 Å². The zero-order chi connectivity index (χ0) is 13.5. The van der Waals surface area contributed by atoms with Crippen molar-refractivity contribution in [3.8, 4) is 0 Å². The molecule has 0 fully saturated rings. The topological polar surface area (TPSA) is 68.3 Å². The van der Waals surface area contributed by atoms with E-state index in [0.29, 0.717) is 13.0 Å². The van der Waals surface area contributed by atoms with Crippen molar-refractivity contribution in [1.82, 2.24) is 5.32 Å². The second-order valence-electron chi connectivity index (χ2n) is 4.76. The van der Waals surface area contributed by atoms with Gasteiger partial charge in [0.1, 0.15) is 11.5 Å². The molecule has 102 valence electrons. The van der Waals surface area contributed by atoms with Gasteiger partial charge in [0.2, 0.25) is 5.91 Å². The van der Waals surface area contributed by atoms with Crippen LogP contribution in [0.3, 0.4) is 0 Å². The fourth-order valence-corrected chi connectivity index (χ4v) is 2.08. The number of aryl methyl sites for hydroxylation is 2. The van der Waals surface area contributed by atoms with Gasteiger partial charge in [-0.1, -0.05) is 6.42 Å². The lowest BCUT2D eigenvalue weighted by Crippen LogP contribution is -2.26. The molecule has 1 aromatic heterocycles. The average molecular weight is 252 g/mol. The zero-order valence-electron chi connectivity index (χ0n) is 11.6. The number of nitrogens with one attached hydrogen (secondary N) is 1. The highest BCUT2D eigenvalue weighted by atomic mass is 16.3. The molecule has 3 N–H and O–H groups in total. The van der Waals surface area contributed by atoms with E-state index in [4.69, 9.17) is 10.2 Å². The van der Waals surface area contributed by atoms with Gasteiger partial charge in [-0.25, -0.2) is 0 Å². The maximum atomic E-state index is 11.7. The number of amides is 1. The van der Waals surface area contributed by atoms with E-state index in [1.807, 2.05) is 26.8 Å². The van der Waals surface area contributed by atoms with Crippen molar-refractivity contribution in [2.75, 3.05) is 6.54 Å². The maximum absolute atomic E-state index is 11.7. The Morgan fingerprint density at radius 1 is 1.39 bits per heavy atom. The summed E-state index contributed by atoms with van der Waals surface area (Å²) in [6.45, 7) is 6.52. The molecule has 1 rings (SSSR count). The Morgan fingerprint density at radius 3 is 2.67 bits per heavy atom. The Kier molecular flexibility index (Phi) is 5.92. The molecule has 1 unspecified atom stereocenters. The molecule has 4 heteroatoms. The summed E-state index contributed by atoms with van der Waals surface area (Å²) in [6, 6.07) is 1.98. The van der Waals surface area contributed by atoms with E-state index in [0.717, 1.165) is 36.3 Å². The van der Waals surface area contributed by atoms with Crippen molar-refractivity contribution in [2.24, 2.45) is 5.73 Å². The molecule has 4 nitrogen and oxygen atoms in total. The number of unbranched alkanes of at least 4 members (excludes halogenated alkanes) is 2. The molecular formula is C14H24N2O2. The first kappa shape index (κ1) is 14.8. The van der Waals surface area contributed by atoms with Gasteiger partial charge in [-0.15, -0.1) is 0 Å². The van der Waals surface area contributed by atoms with Crippen LogP contribution in [0.2, 0.25) is 0 Å². The van der Waals surface area contributed by atoms with Gasteiger partial charge in [-0.3, -0.25) is 4.79 Å². The van der Waals surface area contributed by atoms with E-state index >= 15 is 0 Å². The lowest BCUT2D eigenvalue weighted by molar-refractivity contribution is -0.121. The number of carbonyl (C=O) groups is 1. The second-order valence-corrected chi connectivity index (χ2v) is 4.76. The van der Waals surface area contributed by atoms with Gasteiger partial charge in [0.15, 0.2) is 0 Å². The van der Waals surface area contributed by atoms with Crippen molar-refractivity contribution in [1.29, 1.82) is 0 Å². The second kappa shape index (κ2) is 7.21. The molecule has 0 saturated heterocycles. The number of hydrogen-bond acceptors (Lipinski definition) is 3. The molecule has 0 aromatic carbocycles. The van der Waals surface area contributed by atoms with Crippen LogP contribution in [0.15, 0.2) is 10.5 Å². The molecule has 1 aromatic rings. The normalized spacial score (nSPS) is 12.4. The quantitative estimate of drug-likeness (QED) is 0.733. The van der Waals surface area contributed by atoms with Crippen LogP contribution in [0.25, 0.3) is 0 Å². The molecule has 0 aliphatic carbocycles. The lowest BCUT2D eigenvalue weighted by Gasteiger charge is -2.13.